The zero-order valence-electron chi connectivity index (χ0n) is 12.9. The molecule has 0 fully saturated rings. The molecule has 0 amide bonds. The molecule has 0 bridgehead atoms. The van der Waals surface area contributed by atoms with Gasteiger partial charge in [-0.2, -0.15) is 0 Å². The summed E-state index contributed by atoms with van der Waals surface area (Å²) in [7, 11) is -2.04. The number of hydrogen-bond donors (Lipinski definition) is 2. The van der Waals surface area contributed by atoms with Gasteiger partial charge in [0.2, 0.25) is 10.0 Å². The van der Waals surface area contributed by atoms with Gasteiger partial charge in [0.25, 0.3) is 0 Å². The van der Waals surface area contributed by atoms with Gasteiger partial charge in [0.05, 0.1) is 12.0 Å². The zero-order valence-corrected chi connectivity index (χ0v) is 13.7. The Labute approximate surface area is 127 Å². The van der Waals surface area contributed by atoms with E-state index in [1.54, 1.807) is 12.1 Å². The van der Waals surface area contributed by atoms with Crippen molar-refractivity contribution >= 4 is 10.0 Å². The van der Waals surface area contributed by atoms with Crippen LogP contribution in [-0.4, -0.2) is 33.8 Å². The maximum Gasteiger partial charge on any atom is 0.240 e. The third kappa shape index (κ3) is 4.98. The van der Waals surface area contributed by atoms with Crippen molar-refractivity contribution in [1.29, 1.82) is 0 Å². The maximum atomic E-state index is 12.4. The molecule has 120 valence electrons. The summed E-state index contributed by atoms with van der Waals surface area (Å²) >= 11 is 0. The number of aliphatic hydroxyl groups is 1. The molecule has 0 aliphatic carbocycles. The topological polar surface area (TPSA) is 75.6 Å². The van der Waals surface area contributed by atoms with Crippen molar-refractivity contribution in [3.05, 3.63) is 23.8 Å². The van der Waals surface area contributed by atoms with Gasteiger partial charge < -0.3 is 9.84 Å². The van der Waals surface area contributed by atoms with Crippen LogP contribution in [0.1, 0.15) is 32.3 Å². The first-order valence-corrected chi connectivity index (χ1v) is 8.74. The van der Waals surface area contributed by atoms with E-state index < -0.39 is 10.0 Å². The SMILES string of the molecule is CCC(CC)CNS(=O)(=O)c1ccc(OC)cc1CCO. The molecule has 0 aliphatic heterocycles. The first-order valence-electron chi connectivity index (χ1n) is 7.25. The van der Waals surface area contributed by atoms with Crippen LogP contribution in [0.2, 0.25) is 0 Å². The van der Waals surface area contributed by atoms with Crippen LogP contribution in [0.25, 0.3) is 0 Å². The van der Waals surface area contributed by atoms with Crippen molar-refractivity contribution in [2.45, 2.75) is 38.0 Å². The predicted octanol–water partition coefficient (Wildman–Crippen LogP) is 1.94. The fourth-order valence-corrected chi connectivity index (χ4v) is 3.51. The number of aliphatic hydroxyl groups excluding tert-OH is 1. The third-order valence-electron chi connectivity index (χ3n) is 3.66. The molecule has 0 aliphatic rings. The van der Waals surface area contributed by atoms with Gasteiger partial charge in [-0.3, -0.25) is 0 Å². The minimum absolute atomic E-state index is 0.109. The van der Waals surface area contributed by atoms with Crippen molar-refractivity contribution in [3.8, 4) is 5.75 Å². The molecule has 0 unspecified atom stereocenters. The van der Waals surface area contributed by atoms with Crippen LogP contribution in [0.5, 0.6) is 5.75 Å². The van der Waals surface area contributed by atoms with Crippen molar-refractivity contribution < 1.29 is 18.3 Å². The molecule has 0 spiro atoms. The van der Waals surface area contributed by atoms with Gasteiger partial charge in [-0.15, -0.1) is 0 Å². The lowest BCUT2D eigenvalue weighted by molar-refractivity contribution is 0.298. The van der Waals surface area contributed by atoms with Gasteiger partial charge in [0, 0.05) is 13.2 Å². The molecule has 21 heavy (non-hydrogen) atoms. The fourth-order valence-electron chi connectivity index (χ4n) is 2.14. The Morgan fingerprint density at radius 1 is 1.29 bits per heavy atom. The number of ether oxygens (including phenoxy) is 1. The van der Waals surface area contributed by atoms with Crippen LogP contribution >= 0.6 is 0 Å². The third-order valence-corrected chi connectivity index (χ3v) is 5.18. The van der Waals surface area contributed by atoms with Crippen LogP contribution in [0.3, 0.4) is 0 Å². The number of nitrogens with one attached hydrogen (secondary N) is 1. The normalized spacial score (nSPS) is 11.9. The molecule has 0 saturated heterocycles. The van der Waals surface area contributed by atoms with E-state index in [4.69, 9.17) is 9.84 Å². The molecule has 1 aromatic carbocycles. The van der Waals surface area contributed by atoms with Crippen LogP contribution in [0.4, 0.5) is 0 Å². The van der Waals surface area contributed by atoms with Gasteiger partial charge in [-0.1, -0.05) is 26.7 Å². The van der Waals surface area contributed by atoms with E-state index >= 15 is 0 Å². The summed E-state index contributed by atoms with van der Waals surface area (Å²) in [6.07, 6.45) is 2.15. The second-order valence-electron chi connectivity index (χ2n) is 4.98. The Bertz CT molecular complexity index is 539. The summed E-state index contributed by atoms with van der Waals surface area (Å²) < 4.78 is 32.6. The minimum atomic E-state index is -3.57. The number of sulfonamides is 1. The van der Waals surface area contributed by atoms with E-state index in [9.17, 15) is 8.42 Å². The van der Waals surface area contributed by atoms with E-state index in [0.717, 1.165) is 12.8 Å². The minimum Gasteiger partial charge on any atom is -0.497 e. The molecular weight excluding hydrogens is 290 g/mol. The van der Waals surface area contributed by atoms with E-state index in [0.29, 0.717) is 23.8 Å². The van der Waals surface area contributed by atoms with Crippen molar-refractivity contribution in [2.24, 2.45) is 5.92 Å². The number of benzene rings is 1. The molecule has 0 saturated carbocycles. The molecular formula is C15H25NO4S. The second-order valence-corrected chi connectivity index (χ2v) is 6.72. The quantitative estimate of drug-likeness (QED) is 0.730. The molecule has 0 atom stereocenters. The summed E-state index contributed by atoms with van der Waals surface area (Å²) in [6, 6.07) is 4.80. The molecule has 0 aromatic heterocycles. The summed E-state index contributed by atoms with van der Waals surface area (Å²) in [4.78, 5) is 0.211. The average Bonchev–Trinajstić information content (AvgIpc) is 2.48. The van der Waals surface area contributed by atoms with Gasteiger partial charge in [0.15, 0.2) is 0 Å². The smallest absolute Gasteiger partial charge is 0.240 e. The summed E-state index contributed by atoms with van der Waals surface area (Å²) in [5.74, 6) is 0.914. The van der Waals surface area contributed by atoms with Gasteiger partial charge in [-0.25, -0.2) is 13.1 Å². The highest BCUT2D eigenvalue weighted by molar-refractivity contribution is 7.89. The monoisotopic (exact) mass is 315 g/mol. The number of rotatable bonds is 9. The lowest BCUT2D eigenvalue weighted by atomic mass is 10.0. The standard InChI is InChI=1S/C15H25NO4S/c1-4-12(5-2)11-16-21(18,19)15-7-6-14(20-3)10-13(15)8-9-17/h6-7,10,12,16-17H,4-5,8-9,11H2,1-3H3. The van der Waals surface area contributed by atoms with Crippen LogP contribution in [0, 0.1) is 5.92 Å². The molecule has 0 heterocycles. The Hall–Kier alpha value is -1.11. The first-order chi connectivity index (χ1) is 9.98. The maximum absolute atomic E-state index is 12.4. The summed E-state index contributed by atoms with van der Waals surface area (Å²) in [5.41, 5.74) is 0.564. The summed E-state index contributed by atoms with van der Waals surface area (Å²) in [5, 5.41) is 9.11. The van der Waals surface area contributed by atoms with Gasteiger partial charge in [0.1, 0.15) is 5.75 Å². The molecule has 5 nitrogen and oxygen atoms in total. The van der Waals surface area contributed by atoms with Crippen molar-refractivity contribution in [2.75, 3.05) is 20.3 Å². The highest BCUT2D eigenvalue weighted by Gasteiger charge is 2.19. The molecule has 6 heteroatoms. The average molecular weight is 315 g/mol. The van der Waals surface area contributed by atoms with Crippen LogP contribution in [-0.2, 0) is 16.4 Å². The Morgan fingerprint density at radius 3 is 2.48 bits per heavy atom. The number of hydrogen-bond acceptors (Lipinski definition) is 4. The Balaban J connectivity index is 3.01. The van der Waals surface area contributed by atoms with E-state index in [1.165, 1.54) is 13.2 Å². The highest BCUT2D eigenvalue weighted by atomic mass is 32.2. The largest absolute Gasteiger partial charge is 0.497 e. The van der Waals surface area contributed by atoms with E-state index in [2.05, 4.69) is 4.72 Å². The molecule has 1 aromatic rings. The lowest BCUT2D eigenvalue weighted by Gasteiger charge is -2.16. The second kappa shape index (κ2) is 8.36. The zero-order chi connectivity index (χ0) is 15.9. The fraction of sp³-hybridized carbons (Fsp3) is 0.600. The van der Waals surface area contributed by atoms with Crippen LogP contribution < -0.4 is 9.46 Å². The molecule has 2 N–H and O–H groups in total. The van der Waals surface area contributed by atoms with E-state index in [-0.39, 0.29) is 17.9 Å². The Kier molecular flexibility index (Phi) is 7.14. The highest BCUT2D eigenvalue weighted by Crippen LogP contribution is 2.22. The van der Waals surface area contributed by atoms with Crippen molar-refractivity contribution in [3.63, 3.8) is 0 Å². The summed E-state index contributed by atoms with van der Waals surface area (Å²) in [6.45, 7) is 4.42. The van der Waals surface area contributed by atoms with E-state index in [1.807, 2.05) is 13.8 Å². The lowest BCUT2D eigenvalue weighted by Crippen LogP contribution is -2.29. The predicted molar refractivity (Wildman–Crippen MR) is 83.0 cm³/mol. The Morgan fingerprint density at radius 2 is 1.95 bits per heavy atom. The van der Waals surface area contributed by atoms with Gasteiger partial charge in [-0.05, 0) is 36.1 Å². The molecule has 1 rings (SSSR count). The van der Waals surface area contributed by atoms with Gasteiger partial charge >= 0.3 is 0 Å². The molecule has 0 radical (unpaired) electrons. The van der Waals surface area contributed by atoms with Crippen LogP contribution in [0.15, 0.2) is 23.1 Å². The van der Waals surface area contributed by atoms with Crippen molar-refractivity contribution in [1.82, 2.24) is 4.72 Å². The first kappa shape index (κ1) is 17.9. The number of methoxy groups -OCH3 is 1.